The van der Waals surface area contributed by atoms with Gasteiger partial charge in [-0.3, -0.25) is 4.79 Å². The molecule has 3 heteroatoms. The van der Waals surface area contributed by atoms with Crippen LogP contribution in [-0.4, -0.2) is 19.0 Å². The van der Waals surface area contributed by atoms with Crippen molar-refractivity contribution in [2.24, 2.45) is 17.8 Å². The van der Waals surface area contributed by atoms with E-state index in [-0.39, 0.29) is 11.8 Å². The number of carbonyl (C=O) groups excluding carboxylic acids is 1. The molecule has 2 unspecified atom stereocenters. The Balaban J connectivity index is 1.37. The zero-order valence-corrected chi connectivity index (χ0v) is 11.8. The standard InChI is InChI=1S/C17H22N2O/c20-17(14-10-12-9-13(12)11-14)18-15-3-5-16(6-4-15)19-7-1-2-8-19/h3-6,12-14H,1-2,7-11H2,(H,18,20). The highest BCUT2D eigenvalue weighted by molar-refractivity contribution is 5.93. The third kappa shape index (κ3) is 2.30. The van der Waals surface area contributed by atoms with Crippen molar-refractivity contribution in [1.29, 1.82) is 0 Å². The molecule has 4 rings (SSSR count). The van der Waals surface area contributed by atoms with Crippen LogP contribution in [0.15, 0.2) is 24.3 Å². The molecule has 1 aromatic carbocycles. The van der Waals surface area contributed by atoms with Gasteiger partial charge in [-0.25, -0.2) is 0 Å². The fourth-order valence-corrected chi connectivity index (χ4v) is 3.90. The van der Waals surface area contributed by atoms with Crippen LogP contribution in [0.5, 0.6) is 0 Å². The number of fused-ring (bicyclic) bond motifs is 1. The summed E-state index contributed by atoms with van der Waals surface area (Å²) in [7, 11) is 0. The summed E-state index contributed by atoms with van der Waals surface area (Å²) in [6, 6.07) is 8.35. The number of rotatable bonds is 3. The van der Waals surface area contributed by atoms with Crippen molar-refractivity contribution in [2.45, 2.75) is 32.1 Å². The monoisotopic (exact) mass is 270 g/mol. The van der Waals surface area contributed by atoms with Crippen LogP contribution in [-0.2, 0) is 4.79 Å². The van der Waals surface area contributed by atoms with Crippen molar-refractivity contribution in [3.63, 3.8) is 0 Å². The molecule has 2 atom stereocenters. The molecule has 106 valence electrons. The van der Waals surface area contributed by atoms with Gasteiger partial charge in [-0.05, 0) is 68.2 Å². The number of benzene rings is 1. The zero-order chi connectivity index (χ0) is 13.5. The Morgan fingerprint density at radius 3 is 2.30 bits per heavy atom. The first-order valence-corrected chi connectivity index (χ1v) is 7.95. The normalized spacial score (nSPS) is 31.2. The topological polar surface area (TPSA) is 32.3 Å². The number of hydrogen-bond donors (Lipinski definition) is 1. The van der Waals surface area contributed by atoms with Crippen LogP contribution in [0.3, 0.4) is 0 Å². The minimum absolute atomic E-state index is 0.228. The van der Waals surface area contributed by atoms with E-state index in [1.54, 1.807) is 0 Å². The lowest BCUT2D eigenvalue weighted by Gasteiger charge is -2.18. The van der Waals surface area contributed by atoms with Gasteiger partial charge in [0.1, 0.15) is 0 Å². The lowest BCUT2D eigenvalue weighted by atomic mass is 10.0. The lowest BCUT2D eigenvalue weighted by Crippen LogP contribution is -2.21. The molecule has 1 aromatic rings. The van der Waals surface area contributed by atoms with Gasteiger partial charge in [0.25, 0.3) is 0 Å². The Bertz CT molecular complexity index is 494. The molecule has 0 spiro atoms. The fraction of sp³-hybridized carbons (Fsp3) is 0.588. The number of carbonyl (C=O) groups is 1. The Morgan fingerprint density at radius 1 is 1.00 bits per heavy atom. The smallest absolute Gasteiger partial charge is 0.227 e. The molecule has 0 radical (unpaired) electrons. The number of nitrogens with zero attached hydrogens (tertiary/aromatic N) is 1. The maximum atomic E-state index is 12.2. The fourth-order valence-electron chi connectivity index (χ4n) is 3.90. The first-order chi connectivity index (χ1) is 9.79. The molecule has 3 fully saturated rings. The van der Waals surface area contributed by atoms with Crippen molar-refractivity contribution >= 4 is 17.3 Å². The van der Waals surface area contributed by atoms with E-state index in [0.29, 0.717) is 0 Å². The van der Waals surface area contributed by atoms with E-state index >= 15 is 0 Å². The molecule has 1 amide bonds. The second-order valence-corrected chi connectivity index (χ2v) is 6.65. The van der Waals surface area contributed by atoms with Crippen molar-refractivity contribution < 1.29 is 4.79 Å². The number of hydrogen-bond acceptors (Lipinski definition) is 2. The van der Waals surface area contributed by atoms with Gasteiger partial charge in [-0.1, -0.05) is 0 Å². The summed E-state index contributed by atoms with van der Waals surface area (Å²) < 4.78 is 0. The minimum Gasteiger partial charge on any atom is -0.372 e. The molecule has 2 aliphatic carbocycles. The highest BCUT2D eigenvalue weighted by atomic mass is 16.1. The van der Waals surface area contributed by atoms with Crippen LogP contribution in [0.4, 0.5) is 11.4 Å². The van der Waals surface area contributed by atoms with E-state index in [4.69, 9.17) is 0 Å². The Labute approximate surface area is 120 Å². The summed E-state index contributed by atoms with van der Waals surface area (Å²) in [5.74, 6) is 2.22. The van der Waals surface area contributed by atoms with Gasteiger partial charge < -0.3 is 10.2 Å². The Kier molecular flexibility index (Phi) is 2.94. The van der Waals surface area contributed by atoms with Crippen molar-refractivity contribution in [3.05, 3.63) is 24.3 Å². The summed E-state index contributed by atoms with van der Waals surface area (Å²) in [6.07, 6.45) is 6.18. The molecule has 2 saturated carbocycles. The second kappa shape index (κ2) is 4.80. The van der Waals surface area contributed by atoms with Crippen molar-refractivity contribution in [1.82, 2.24) is 0 Å². The summed E-state index contributed by atoms with van der Waals surface area (Å²) >= 11 is 0. The van der Waals surface area contributed by atoms with Gasteiger partial charge in [0.05, 0.1) is 0 Å². The average molecular weight is 270 g/mol. The van der Waals surface area contributed by atoms with E-state index < -0.39 is 0 Å². The van der Waals surface area contributed by atoms with Gasteiger partial charge in [-0.15, -0.1) is 0 Å². The van der Waals surface area contributed by atoms with Gasteiger partial charge in [0.2, 0.25) is 5.91 Å². The van der Waals surface area contributed by atoms with Gasteiger partial charge in [0.15, 0.2) is 0 Å². The molecular weight excluding hydrogens is 248 g/mol. The summed E-state index contributed by atoms with van der Waals surface area (Å²) in [5.41, 5.74) is 2.22. The lowest BCUT2D eigenvalue weighted by molar-refractivity contribution is -0.120. The molecule has 0 bridgehead atoms. The molecule has 1 aliphatic heterocycles. The predicted molar refractivity (Wildman–Crippen MR) is 80.8 cm³/mol. The molecule has 1 heterocycles. The molecule has 3 nitrogen and oxygen atoms in total. The minimum atomic E-state index is 0.228. The highest BCUT2D eigenvalue weighted by Crippen LogP contribution is 2.54. The van der Waals surface area contributed by atoms with Gasteiger partial charge in [0, 0.05) is 30.4 Å². The van der Waals surface area contributed by atoms with Crippen LogP contribution >= 0.6 is 0 Å². The summed E-state index contributed by atoms with van der Waals surface area (Å²) in [4.78, 5) is 14.6. The number of nitrogens with one attached hydrogen (secondary N) is 1. The van der Waals surface area contributed by atoms with Gasteiger partial charge in [-0.2, -0.15) is 0 Å². The molecule has 3 aliphatic rings. The van der Waals surface area contributed by atoms with E-state index in [1.807, 2.05) is 12.1 Å². The molecular formula is C17H22N2O. The third-order valence-corrected chi connectivity index (χ3v) is 5.22. The predicted octanol–water partition coefficient (Wildman–Crippen LogP) is 3.27. The Hall–Kier alpha value is -1.51. The SMILES string of the molecule is O=C(Nc1ccc(N2CCCC2)cc1)C1CC2CC2C1. The van der Waals surface area contributed by atoms with Crippen LogP contribution in [0.25, 0.3) is 0 Å². The van der Waals surface area contributed by atoms with Crippen molar-refractivity contribution in [3.8, 4) is 0 Å². The summed E-state index contributed by atoms with van der Waals surface area (Å²) in [5, 5.41) is 3.09. The summed E-state index contributed by atoms with van der Waals surface area (Å²) in [6.45, 7) is 2.33. The molecule has 0 aromatic heterocycles. The highest BCUT2D eigenvalue weighted by Gasteiger charge is 2.47. The maximum Gasteiger partial charge on any atom is 0.227 e. The van der Waals surface area contributed by atoms with E-state index in [9.17, 15) is 4.79 Å². The third-order valence-electron chi connectivity index (χ3n) is 5.22. The first-order valence-electron chi connectivity index (χ1n) is 7.95. The molecule has 1 saturated heterocycles. The zero-order valence-electron chi connectivity index (χ0n) is 11.8. The van der Waals surface area contributed by atoms with Crippen molar-refractivity contribution in [2.75, 3.05) is 23.3 Å². The van der Waals surface area contributed by atoms with Gasteiger partial charge >= 0.3 is 0 Å². The van der Waals surface area contributed by atoms with Crippen LogP contribution in [0, 0.1) is 17.8 Å². The van der Waals surface area contributed by atoms with E-state index in [1.165, 1.54) is 24.9 Å². The average Bonchev–Trinajstić information content (AvgIpc) is 2.92. The van der Waals surface area contributed by atoms with Crippen LogP contribution in [0.2, 0.25) is 0 Å². The maximum absolute atomic E-state index is 12.2. The Morgan fingerprint density at radius 2 is 1.65 bits per heavy atom. The largest absolute Gasteiger partial charge is 0.372 e. The van der Waals surface area contributed by atoms with Crippen LogP contribution < -0.4 is 10.2 Å². The van der Waals surface area contributed by atoms with Crippen LogP contribution in [0.1, 0.15) is 32.1 Å². The van der Waals surface area contributed by atoms with E-state index in [0.717, 1.165) is 43.5 Å². The number of anilines is 2. The quantitative estimate of drug-likeness (QED) is 0.914. The molecule has 20 heavy (non-hydrogen) atoms. The number of amides is 1. The molecule has 1 N–H and O–H groups in total. The second-order valence-electron chi connectivity index (χ2n) is 6.65. The van der Waals surface area contributed by atoms with E-state index in [2.05, 4.69) is 22.3 Å². The first kappa shape index (κ1) is 12.2.